The lowest BCUT2D eigenvalue weighted by Crippen LogP contribution is -2.18. The smallest absolute Gasteiger partial charge is 0.228 e. The van der Waals surface area contributed by atoms with Crippen LogP contribution in [-0.4, -0.2) is 28.0 Å². The molecule has 0 bridgehead atoms. The Morgan fingerprint density at radius 3 is 2.50 bits per heavy atom. The first-order chi connectivity index (χ1) is 17.5. The van der Waals surface area contributed by atoms with Crippen LogP contribution in [0, 0.1) is 5.92 Å². The summed E-state index contributed by atoms with van der Waals surface area (Å²) < 4.78 is 5.65. The second-order valence-electron chi connectivity index (χ2n) is 9.26. The van der Waals surface area contributed by atoms with Crippen molar-refractivity contribution < 1.29 is 9.53 Å². The molecule has 0 unspecified atom stereocenters. The highest BCUT2D eigenvalue weighted by atomic mass is 35.5. The Hall–Kier alpha value is -3.09. The summed E-state index contributed by atoms with van der Waals surface area (Å²) in [4.78, 5) is 25.6. The zero-order valence-electron chi connectivity index (χ0n) is 20.1. The summed E-state index contributed by atoms with van der Waals surface area (Å²) in [5.74, 6) is 2.03. The Kier molecular flexibility index (Phi) is 7.44. The van der Waals surface area contributed by atoms with Crippen molar-refractivity contribution in [3.63, 3.8) is 0 Å². The van der Waals surface area contributed by atoms with Gasteiger partial charge in [0.2, 0.25) is 5.91 Å². The number of pyridine rings is 1. The predicted molar refractivity (Wildman–Crippen MR) is 144 cm³/mol. The van der Waals surface area contributed by atoms with E-state index in [4.69, 9.17) is 32.9 Å². The summed E-state index contributed by atoms with van der Waals surface area (Å²) in [6, 6.07) is 14.3. The lowest BCUT2D eigenvalue weighted by Gasteiger charge is -2.29. The highest BCUT2D eigenvalue weighted by Gasteiger charge is 2.30. The average molecular weight is 523 g/mol. The minimum Gasteiger partial charge on any atom is -0.494 e. The topological polar surface area (TPSA) is 79.9 Å². The van der Waals surface area contributed by atoms with Crippen LogP contribution in [0.5, 0.6) is 5.75 Å². The molecule has 36 heavy (non-hydrogen) atoms. The second-order valence-corrected chi connectivity index (χ2v) is 10.1. The monoisotopic (exact) mass is 522 g/mol. The molecule has 0 aliphatic heterocycles. The molecule has 0 saturated heterocycles. The van der Waals surface area contributed by atoms with Gasteiger partial charge in [0, 0.05) is 18.3 Å². The van der Waals surface area contributed by atoms with Crippen molar-refractivity contribution in [3.05, 3.63) is 81.9 Å². The number of amides is 1. The maximum Gasteiger partial charge on any atom is 0.228 e. The van der Waals surface area contributed by atoms with Crippen molar-refractivity contribution in [2.24, 2.45) is 5.92 Å². The molecule has 2 aromatic heterocycles. The standard InChI is InChI=1S/C28H28Cl2N4O2/c1-36-22-13-12-19(14-23(35)32-26-20(29)15-31-16-21(26)30)25-27(22)34-28(33-25)24(17-8-4-2-5-9-17)18-10-6-3-7-11-18/h2,4-5,8-9,12-13,15-16,18,24H,3,6-7,10-11,14H2,1H3,(H,33,34)(H,31,32,35)/t24-/m1/s1. The largest absolute Gasteiger partial charge is 0.494 e. The maximum atomic E-state index is 13.0. The van der Waals surface area contributed by atoms with Crippen LogP contribution in [0.25, 0.3) is 11.0 Å². The van der Waals surface area contributed by atoms with E-state index in [1.165, 1.54) is 50.1 Å². The highest BCUT2D eigenvalue weighted by Crippen LogP contribution is 2.41. The molecule has 6 nitrogen and oxygen atoms in total. The van der Waals surface area contributed by atoms with E-state index in [0.717, 1.165) is 22.4 Å². The van der Waals surface area contributed by atoms with E-state index in [0.29, 0.717) is 17.4 Å². The number of aromatic nitrogens is 3. The molecule has 1 amide bonds. The molecule has 0 radical (unpaired) electrons. The minimum atomic E-state index is -0.243. The molecule has 2 heterocycles. The van der Waals surface area contributed by atoms with Crippen molar-refractivity contribution in [1.29, 1.82) is 0 Å². The fourth-order valence-corrected chi connectivity index (χ4v) is 5.73. The summed E-state index contributed by atoms with van der Waals surface area (Å²) in [6.07, 6.45) is 9.13. The number of carbonyl (C=O) groups is 1. The number of H-pyrrole nitrogens is 1. The fraction of sp³-hybridized carbons (Fsp3) is 0.321. The van der Waals surface area contributed by atoms with Crippen LogP contribution in [0.1, 0.15) is 55.0 Å². The van der Waals surface area contributed by atoms with E-state index in [2.05, 4.69) is 39.6 Å². The Bertz CT molecular complexity index is 1350. The lowest BCUT2D eigenvalue weighted by molar-refractivity contribution is -0.115. The molecular weight excluding hydrogens is 495 g/mol. The fourth-order valence-electron chi connectivity index (χ4n) is 5.27. The van der Waals surface area contributed by atoms with Crippen molar-refractivity contribution in [1.82, 2.24) is 15.0 Å². The molecule has 2 N–H and O–H groups in total. The van der Waals surface area contributed by atoms with E-state index in [-0.39, 0.29) is 28.3 Å². The Morgan fingerprint density at radius 2 is 1.81 bits per heavy atom. The Balaban J connectivity index is 1.52. The SMILES string of the molecule is COc1ccc(CC(=O)Nc2c(Cl)cncc2Cl)c2nc([C@H](c3ccccc3)C3CCCCC3)[nH]c12. The van der Waals surface area contributed by atoms with Crippen LogP contribution in [0.2, 0.25) is 10.0 Å². The van der Waals surface area contributed by atoms with Crippen LogP contribution < -0.4 is 10.1 Å². The molecule has 186 valence electrons. The van der Waals surface area contributed by atoms with E-state index in [1.807, 2.05) is 18.2 Å². The summed E-state index contributed by atoms with van der Waals surface area (Å²) >= 11 is 12.4. The highest BCUT2D eigenvalue weighted by molar-refractivity contribution is 6.39. The predicted octanol–water partition coefficient (Wildman–Crippen LogP) is 7.17. The first-order valence-electron chi connectivity index (χ1n) is 12.2. The molecule has 5 rings (SSSR count). The zero-order valence-corrected chi connectivity index (χ0v) is 21.6. The van der Waals surface area contributed by atoms with Gasteiger partial charge in [-0.05, 0) is 36.0 Å². The molecule has 4 aromatic rings. The van der Waals surface area contributed by atoms with E-state index in [1.54, 1.807) is 7.11 Å². The normalized spacial score (nSPS) is 15.1. The molecule has 1 saturated carbocycles. The number of halogens is 2. The number of hydrogen-bond donors (Lipinski definition) is 2. The molecule has 8 heteroatoms. The van der Waals surface area contributed by atoms with Crippen LogP contribution in [0.3, 0.4) is 0 Å². The summed E-state index contributed by atoms with van der Waals surface area (Å²) in [5, 5.41) is 3.39. The van der Waals surface area contributed by atoms with Crippen molar-refractivity contribution in [2.75, 3.05) is 12.4 Å². The molecule has 1 aliphatic rings. The third kappa shape index (κ3) is 5.06. The van der Waals surface area contributed by atoms with E-state index in [9.17, 15) is 4.79 Å². The Morgan fingerprint density at radius 1 is 1.08 bits per heavy atom. The second kappa shape index (κ2) is 10.9. The molecule has 1 aliphatic carbocycles. The number of nitrogens with one attached hydrogen (secondary N) is 2. The number of rotatable bonds is 7. The van der Waals surface area contributed by atoms with Gasteiger partial charge in [-0.25, -0.2) is 4.98 Å². The number of anilines is 1. The van der Waals surface area contributed by atoms with Crippen LogP contribution in [0.4, 0.5) is 5.69 Å². The zero-order chi connectivity index (χ0) is 25.1. The number of nitrogens with zero attached hydrogens (tertiary/aromatic N) is 2. The molecular formula is C28H28Cl2N4O2. The number of benzene rings is 2. The number of fused-ring (bicyclic) bond motifs is 1. The van der Waals surface area contributed by atoms with Gasteiger partial charge in [0.25, 0.3) is 0 Å². The first-order valence-corrected chi connectivity index (χ1v) is 13.0. The van der Waals surface area contributed by atoms with Gasteiger partial charge >= 0.3 is 0 Å². The summed E-state index contributed by atoms with van der Waals surface area (Å²) in [5.41, 5.74) is 3.94. The number of ether oxygens (including phenoxy) is 1. The molecule has 1 fully saturated rings. The van der Waals surface area contributed by atoms with E-state index >= 15 is 0 Å². The van der Waals surface area contributed by atoms with Gasteiger partial charge in [0.05, 0.1) is 34.8 Å². The maximum absolute atomic E-state index is 13.0. The van der Waals surface area contributed by atoms with Crippen molar-refractivity contribution in [3.8, 4) is 5.75 Å². The van der Waals surface area contributed by atoms with Gasteiger partial charge in [-0.3, -0.25) is 9.78 Å². The van der Waals surface area contributed by atoms with Gasteiger partial charge in [0.15, 0.2) is 0 Å². The quantitative estimate of drug-likeness (QED) is 0.269. The number of methoxy groups -OCH3 is 1. The average Bonchev–Trinajstić information content (AvgIpc) is 3.33. The van der Waals surface area contributed by atoms with Gasteiger partial charge < -0.3 is 15.0 Å². The number of imidazole rings is 1. The lowest BCUT2D eigenvalue weighted by atomic mass is 9.76. The Labute approximate surface area is 220 Å². The first kappa shape index (κ1) is 24.6. The number of aromatic amines is 1. The third-order valence-electron chi connectivity index (χ3n) is 6.97. The van der Waals surface area contributed by atoms with Crippen LogP contribution >= 0.6 is 23.2 Å². The van der Waals surface area contributed by atoms with Crippen molar-refractivity contribution in [2.45, 2.75) is 44.4 Å². The molecule has 1 atom stereocenters. The molecule has 0 spiro atoms. The van der Waals surface area contributed by atoms with Gasteiger partial charge in [-0.15, -0.1) is 0 Å². The van der Waals surface area contributed by atoms with Crippen LogP contribution in [-0.2, 0) is 11.2 Å². The molecule has 2 aromatic carbocycles. The summed E-state index contributed by atoms with van der Waals surface area (Å²) in [6.45, 7) is 0. The minimum absolute atomic E-state index is 0.110. The van der Waals surface area contributed by atoms with E-state index < -0.39 is 0 Å². The number of hydrogen-bond acceptors (Lipinski definition) is 4. The van der Waals surface area contributed by atoms with Gasteiger partial charge in [0.1, 0.15) is 17.1 Å². The van der Waals surface area contributed by atoms with Crippen LogP contribution in [0.15, 0.2) is 54.9 Å². The number of carbonyl (C=O) groups excluding carboxylic acids is 1. The van der Waals surface area contributed by atoms with Gasteiger partial charge in [-0.1, -0.05) is 78.9 Å². The van der Waals surface area contributed by atoms with Crippen molar-refractivity contribution >= 4 is 45.8 Å². The van der Waals surface area contributed by atoms with Gasteiger partial charge in [-0.2, -0.15) is 0 Å². The summed E-state index contributed by atoms with van der Waals surface area (Å²) in [7, 11) is 1.64. The third-order valence-corrected chi connectivity index (χ3v) is 7.54.